The third-order valence-corrected chi connectivity index (χ3v) is 2.74. The van der Waals surface area contributed by atoms with Crippen LogP contribution in [0.3, 0.4) is 0 Å². The summed E-state index contributed by atoms with van der Waals surface area (Å²) in [6.07, 6.45) is 0. The molecular formula is C12H10FO3P. The Balaban J connectivity index is 1.98. The Morgan fingerprint density at radius 1 is 0.706 bits per heavy atom. The average molecular weight is 252 g/mol. The Morgan fingerprint density at radius 2 is 1.12 bits per heavy atom. The van der Waals surface area contributed by atoms with E-state index in [1.807, 2.05) is 12.1 Å². The third kappa shape index (κ3) is 3.70. The summed E-state index contributed by atoms with van der Waals surface area (Å²) < 4.78 is 26.4. The van der Waals surface area contributed by atoms with Crippen molar-refractivity contribution in [3.63, 3.8) is 0 Å². The maximum absolute atomic E-state index is 12.3. The van der Waals surface area contributed by atoms with Crippen molar-refractivity contribution in [2.75, 3.05) is 0 Å². The first kappa shape index (κ1) is 11.8. The van der Waals surface area contributed by atoms with Crippen LogP contribution >= 0.6 is 8.60 Å². The molecule has 0 unspecified atom stereocenters. The number of hydrogen-bond donors (Lipinski definition) is 0. The van der Waals surface area contributed by atoms with Crippen LogP contribution in [0.2, 0.25) is 0 Å². The van der Waals surface area contributed by atoms with Gasteiger partial charge in [-0.2, -0.15) is 0 Å². The molecule has 0 radical (unpaired) electrons. The Hall–Kier alpha value is -1.64. The fraction of sp³-hybridized carbons (Fsp3) is 0. The lowest BCUT2D eigenvalue weighted by Gasteiger charge is -2.12. The van der Waals surface area contributed by atoms with E-state index in [-0.39, 0.29) is 0 Å². The quantitative estimate of drug-likeness (QED) is 0.743. The van der Waals surface area contributed by atoms with Gasteiger partial charge in [-0.15, -0.1) is 0 Å². The van der Waals surface area contributed by atoms with Crippen LogP contribution < -0.4 is 9.05 Å². The van der Waals surface area contributed by atoms with Crippen LogP contribution in [0.4, 0.5) is 4.53 Å². The highest BCUT2D eigenvalue weighted by Gasteiger charge is 2.17. The summed E-state index contributed by atoms with van der Waals surface area (Å²) in [6.45, 7) is 0. The van der Waals surface area contributed by atoms with Crippen molar-refractivity contribution in [3.05, 3.63) is 60.7 Å². The zero-order valence-electron chi connectivity index (χ0n) is 8.82. The molecule has 2 rings (SSSR count). The van der Waals surface area contributed by atoms with Gasteiger partial charge >= 0.3 is 8.60 Å². The van der Waals surface area contributed by atoms with E-state index in [0.717, 1.165) is 0 Å². The van der Waals surface area contributed by atoms with Gasteiger partial charge in [-0.1, -0.05) is 41.1 Å². The van der Waals surface area contributed by atoms with Gasteiger partial charge in [0.05, 0.1) is 0 Å². The predicted octanol–water partition coefficient (Wildman–Crippen LogP) is 4.27. The minimum atomic E-state index is -2.08. The van der Waals surface area contributed by atoms with Gasteiger partial charge in [0.1, 0.15) is 11.5 Å². The number of para-hydroxylation sites is 2. The molecule has 17 heavy (non-hydrogen) atoms. The smallest absolute Gasteiger partial charge is 0.416 e. The van der Waals surface area contributed by atoms with Gasteiger partial charge in [-0.05, 0) is 28.8 Å². The largest absolute Gasteiger partial charge is 0.497 e. The van der Waals surface area contributed by atoms with Crippen molar-refractivity contribution >= 4 is 8.60 Å². The summed E-state index contributed by atoms with van der Waals surface area (Å²) in [5.74, 6) is 0.986. The average Bonchev–Trinajstić information content (AvgIpc) is 2.40. The standard InChI is InChI=1S/C12H10FO3P/c13-16-17(14-11-7-3-1-4-8-11)15-12-9-5-2-6-10-12/h1-10H. The Bertz CT molecular complexity index is 397. The molecule has 0 aliphatic rings. The molecule has 0 aromatic heterocycles. The first-order chi connectivity index (χ1) is 8.38. The molecule has 0 amide bonds. The fourth-order valence-corrected chi connectivity index (χ4v) is 1.86. The van der Waals surface area contributed by atoms with Crippen molar-refractivity contribution in [1.82, 2.24) is 0 Å². The molecule has 2 aromatic carbocycles. The molecule has 0 aliphatic carbocycles. The van der Waals surface area contributed by atoms with Crippen LogP contribution in [0.1, 0.15) is 0 Å². The molecule has 0 N–H and O–H groups in total. The zero-order valence-corrected chi connectivity index (χ0v) is 9.72. The molecule has 2 aromatic rings. The maximum Gasteiger partial charge on any atom is 0.497 e. The van der Waals surface area contributed by atoms with Crippen LogP contribution in [0.25, 0.3) is 0 Å². The number of halogens is 1. The number of benzene rings is 2. The molecule has 0 saturated heterocycles. The molecule has 0 aliphatic heterocycles. The Labute approximate surface area is 99.7 Å². The molecule has 88 valence electrons. The molecule has 0 bridgehead atoms. The monoisotopic (exact) mass is 252 g/mol. The van der Waals surface area contributed by atoms with Gasteiger partial charge in [-0.3, -0.25) is 0 Å². The van der Waals surface area contributed by atoms with E-state index in [2.05, 4.69) is 4.73 Å². The zero-order chi connectivity index (χ0) is 11.9. The molecule has 0 atom stereocenters. The lowest BCUT2D eigenvalue weighted by Crippen LogP contribution is -1.95. The van der Waals surface area contributed by atoms with Gasteiger partial charge in [0, 0.05) is 0 Å². The van der Waals surface area contributed by atoms with E-state index in [4.69, 9.17) is 9.05 Å². The minimum absolute atomic E-state index is 0.493. The van der Waals surface area contributed by atoms with Crippen LogP contribution in [0.15, 0.2) is 60.7 Å². The van der Waals surface area contributed by atoms with Crippen molar-refractivity contribution in [1.29, 1.82) is 0 Å². The molecular weight excluding hydrogens is 242 g/mol. The summed E-state index contributed by atoms with van der Waals surface area (Å²) in [6, 6.07) is 17.6. The first-order valence-electron chi connectivity index (χ1n) is 4.93. The fourth-order valence-electron chi connectivity index (χ4n) is 1.18. The Kier molecular flexibility index (Phi) is 4.30. The third-order valence-electron chi connectivity index (χ3n) is 1.90. The number of hydrogen-bond acceptors (Lipinski definition) is 3. The van der Waals surface area contributed by atoms with Crippen LogP contribution in [0.5, 0.6) is 11.5 Å². The highest BCUT2D eigenvalue weighted by molar-refractivity contribution is 7.42. The van der Waals surface area contributed by atoms with E-state index < -0.39 is 8.60 Å². The molecule has 0 heterocycles. The van der Waals surface area contributed by atoms with Gasteiger partial charge in [0.25, 0.3) is 0 Å². The first-order valence-corrected chi connectivity index (χ1v) is 6.03. The molecule has 5 heteroatoms. The summed E-state index contributed by atoms with van der Waals surface area (Å²) in [7, 11) is -2.08. The molecule has 0 saturated carbocycles. The van der Waals surface area contributed by atoms with E-state index in [9.17, 15) is 4.53 Å². The van der Waals surface area contributed by atoms with Gasteiger partial charge < -0.3 is 9.05 Å². The van der Waals surface area contributed by atoms with Crippen LogP contribution in [-0.2, 0) is 4.73 Å². The normalized spacial score (nSPS) is 10.2. The van der Waals surface area contributed by atoms with Gasteiger partial charge in [0.15, 0.2) is 0 Å². The topological polar surface area (TPSA) is 27.7 Å². The number of rotatable bonds is 5. The predicted molar refractivity (Wildman–Crippen MR) is 63.3 cm³/mol. The van der Waals surface area contributed by atoms with Crippen molar-refractivity contribution in [3.8, 4) is 11.5 Å². The van der Waals surface area contributed by atoms with E-state index in [1.54, 1.807) is 48.5 Å². The highest BCUT2D eigenvalue weighted by atomic mass is 31.2. The second-order valence-corrected chi connectivity index (χ2v) is 4.05. The summed E-state index contributed by atoms with van der Waals surface area (Å²) in [4.78, 5) is 0. The highest BCUT2D eigenvalue weighted by Crippen LogP contribution is 2.41. The van der Waals surface area contributed by atoms with Crippen LogP contribution in [0, 0.1) is 0 Å². The summed E-state index contributed by atoms with van der Waals surface area (Å²) >= 11 is 0. The van der Waals surface area contributed by atoms with Gasteiger partial charge in [0.2, 0.25) is 0 Å². The van der Waals surface area contributed by atoms with Crippen molar-refractivity contribution < 1.29 is 18.3 Å². The SMILES string of the molecule is FOP(Oc1ccccc1)Oc1ccccc1. The van der Waals surface area contributed by atoms with E-state index in [1.165, 1.54) is 0 Å². The molecule has 0 spiro atoms. The lowest BCUT2D eigenvalue weighted by atomic mass is 10.3. The van der Waals surface area contributed by atoms with Crippen molar-refractivity contribution in [2.24, 2.45) is 0 Å². The lowest BCUT2D eigenvalue weighted by molar-refractivity contribution is -0.0157. The second kappa shape index (κ2) is 6.18. The summed E-state index contributed by atoms with van der Waals surface area (Å²) in [5, 5.41) is 0. The van der Waals surface area contributed by atoms with Gasteiger partial charge in [-0.25, -0.2) is 0 Å². The minimum Gasteiger partial charge on any atom is -0.416 e. The van der Waals surface area contributed by atoms with E-state index >= 15 is 0 Å². The van der Waals surface area contributed by atoms with E-state index in [0.29, 0.717) is 11.5 Å². The van der Waals surface area contributed by atoms with Crippen LogP contribution in [-0.4, -0.2) is 0 Å². The maximum atomic E-state index is 12.3. The summed E-state index contributed by atoms with van der Waals surface area (Å²) in [5.41, 5.74) is 0. The van der Waals surface area contributed by atoms with Crippen molar-refractivity contribution in [2.45, 2.75) is 0 Å². The Morgan fingerprint density at radius 3 is 1.47 bits per heavy atom. The molecule has 0 fully saturated rings. The second-order valence-electron chi connectivity index (χ2n) is 3.10. The molecule has 3 nitrogen and oxygen atoms in total.